The van der Waals surface area contributed by atoms with E-state index >= 15 is 0 Å². The third-order valence-corrected chi connectivity index (χ3v) is 6.64. The van der Waals surface area contributed by atoms with E-state index in [-0.39, 0.29) is 10.7 Å². The molecule has 1 saturated heterocycles. The maximum atomic E-state index is 13.0. The Hall–Kier alpha value is -1.93. The van der Waals surface area contributed by atoms with E-state index in [1.165, 1.54) is 16.6 Å². The Morgan fingerprint density at radius 3 is 2.54 bits per heavy atom. The van der Waals surface area contributed by atoms with Gasteiger partial charge >= 0.3 is 5.91 Å². The molecule has 0 atom stereocenters. The van der Waals surface area contributed by atoms with Crippen molar-refractivity contribution in [1.29, 1.82) is 0 Å². The normalized spacial score (nSPS) is 17.3. The van der Waals surface area contributed by atoms with Crippen molar-refractivity contribution in [2.75, 3.05) is 13.1 Å². The van der Waals surface area contributed by atoms with Gasteiger partial charge in [-0.05, 0) is 44.7 Å². The van der Waals surface area contributed by atoms with Crippen molar-refractivity contribution in [3.05, 3.63) is 35.5 Å². The van der Waals surface area contributed by atoms with Crippen LogP contribution in [0.5, 0.6) is 0 Å². The molecule has 0 N–H and O–H groups in total. The Balaban J connectivity index is 1.98. The summed E-state index contributed by atoms with van der Waals surface area (Å²) in [7, 11) is -3.66. The fourth-order valence-corrected chi connectivity index (χ4v) is 4.88. The van der Waals surface area contributed by atoms with Crippen molar-refractivity contribution < 1.29 is 17.6 Å². The average molecular weight is 351 g/mol. The van der Waals surface area contributed by atoms with Crippen molar-refractivity contribution in [2.45, 2.75) is 38.5 Å². The van der Waals surface area contributed by atoms with Crippen molar-refractivity contribution >= 4 is 15.9 Å². The van der Waals surface area contributed by atoms with Gasteiger partial charge in [-0.3, -0.25) is 4.79 Å². The highest BCUT2D eigenvalue weighted by Gasteiger charge is 2.34. The fourth-order valence-electron chi connectivity index (χ4n) is 3.06. The van der Waals surface area contributed by atoms with Gasteiger partial charge in [-0.2, -0.15) is 14.1 Å². The Kier molecular flexibility index (Phi) is 4.35. The number of piperidine rings is 1. The average Bonchev–Trinajstić information content (AvgIpc) is 3.15. The summed E-state index contributed by atoms with van der Waals surface area (Å²) in [4.78, 5) is 12.6. The summed E-state index contributed by atoms with van der Waals surface area (Å²) < 4.78 is 33.7. The minimum absolute atomic E-state index is 0.122. The van der Waals surface area contributed by atoms with Crippen molar-refractivity contribution in [1.82, 2.24) is 14.1 Å². The number of aromatic nitrogens is 2. The molecule has 0 amide bonds. The number of rotatable bonds is 3. The maximum absolute atomic E-state index is 13.0. The molecule has 24 heavy (non-hydrogen) atoms. The van der Waals surface area contributed by atoms with Gasteiger partial charge in [0.05, 0.1) is 17.7 Å². The van der Waals surface area contributed by atoms with Gasteiger partial charge in [0.1, 0.15) is 4.90 Å². The molecule has 3 heterocycles. The highest BCUT2D eigenvalue weighted by Crippen LogP contribution is 2.27. The molecule has 7 nitrogen and oxygen atoms in total. The molecule has 0 radical (unpaired) electrons. The number of hydrogen-bond donors (Lipinski definition) is 0. The SMILES string of the molecule is Cc1nn(C(=O)c2ccco2)c(C)c1S(=O)(=O)N1CCC(C)CC1. The molecule has 0 unspecified atom stereocenters. The predicted molar refractivity (Wildman–Crippen MR) is 87.3 cm³/mol. The van der Waals surface area contributed by atoms with Crippen LogP contribution in [0.25, 0.3) is 0 Å². The first-order chi connectivity index (χ1) is 11.3. The lowest BCUT2D eigenvalue weighted by Gasteiger charge is -2.29. The lowest BCUT2D eigenvalue weighted by atomic mass is 10.0. The molecule has 0 saturated carbocycles. The van der Waals surface area contributed by atoms with E-state index in [2.05, 4.69) is 12.0 Å². The number of aryl methyl sites for hydroxylation is 1. The van der Waals surface area contributed by atoms with E-state index in [1.54, 1.807) is 19.9 Å². The largest absolute Gasteiger partial charge is 0.459 e. The highest BCUT2D eigenvalue weighted by molar-refractivity contribution is 7.89. The summed E-state index contributed by atoms with van der Waals surface area (Å²) in [6.45, 7) is 6.33. The molecule has 3 rings (SSSR count). The Morgan fingerprint density at radius 1 is 1.29 bits per heavy atom. The van der Waals surface area contributed by atoms with Crippen LogP contribution < -0.4 is 0 Å². The van der Waals surface area contributed by atoms with E-state index in [4.69, 9.17) is 4.42 Å². The lowest BCUT2D eigenvalue weighted by molar-refractivity contribution is 0.0914. The van der Waals surface area contributed by atoms with Crippen LogP contribution in [0.4, 0.5) is 0 Å². The van der Waals surface area contributed by atoms with Crippen LogP contribution in [0, 0.1) is 19.8 Å². The summed E-state index contributed by atoms with van der Waals surface area (Å²) in [6, 6.07) is 3.13. The summed E-state index contributed by atoms with van der Waals surface area (Å²) >= 11 is 0. The number of nitrogens with zero attached hydrogens (tertiary/aromatic N) is 3. The molecule has 1 aliphatic heterocycles. The van der Waals surface area contributed by atoms with Crippen LogP contribution in [0.2, 0.25) is 0 Å². The fraction of sp³-hybridized carbons (Fsp3) is 0.500. The zero-order chi connectivity index (χ0) is 17.5. The summed E-state index contributed by atoms with van der Waals surface area (Å²) in [5, 5.41) is 4.14. The smallest absolute Gasteiger partial charge is 0.314 e. The number of carbonyl (C=O) groups excluding carboxylic acids is 1. The minimum atomic E-state index is -3.66. The van der Waals surface area contributed by atoms with Gasteiger partial charge in [0.2, 0.25) is 10.0 Å². The van der Waals surface area contributed by atoms with Crippen molar-refractivity contribution in [2.24, 2.45) is 5.92 Å². The highest BCUT2D eigenvalue weighted by atomic mass is 32.2. The quantitative estimate of drug-likeness (QED) is 0.846. The first kappa shape index (κ1) is 16.9. The molecule has 2 aromatic rings. The minimum Gasteiger partial charge on any atom is -0.459 e. The van der Waals surface area contributed by atoms with E-state index in [0.29, 0.717) is 30.4 Å². The van der Waals surface area contributed by atoms with Gasteiger partial charge < -0.3 is 4.42 Å². The molecule has 1 fully saturated rings. The van der Waals surface area contributed by atoms with Crippen LogP contribution in [-0.2, 0) is 10.0 Å². The number of furan rings is 1. The standard InChI is InChI=1S/C16H21N3O4S/c1-11-6-8-18(9-7-11)24(21,22)15-12(2)17-19(13(15)3)16(20)14-5-4-10-23-14/h4-5,10-11H,6-9H2,1-3H3. The molecule has 0 bridgehead atoms. The monoisotopic (exact) mass is 351 g/mol. The Bertz CT molecular complexity index is 844. The molecule has 2 aromatic heterocycles. The Morgan fingerprint density at radius 2 is 1.96 bits per heavy atom. The first-order valence-corrected chi connectivity index (χ1v) is 9.41. The van der Waals surface area contributed by atoms with E-state index < -0.39 is 15.9 Å². The third-order valence-electron chi connectivity index (χ3n) is 4.49. The molecule has 0 aliphatic carbocycles. The van der Waals surface area contributed by atoms with Gasteiger partial charge in [0.25, 0.3) is 0 Å². The zero-order valence-corrected chi connectivity index (χ0v) is 14.8. The summed E-state index contributed by atoms with van der Waals surface area (Å²) in [6.07, 6.45) is 3.08. The maximum Gasteiger partial charge on any atom is 0.314 e. The molecule has 1 aliphatic rings. The second-order valence-electron chi connectivity index (χ2n) is 6.28. The van der Waals surface area contributed by atoms with Crippen molar-refractivity contribution in [3.63, 3.8) is 0 Å². The second-order valence-corrected chi connectivity index (χ2v) is 8.16. The number of hydrogen-bond acceptors (Lipinski definition) is 5. The van der Waals surface area contributed by atoms with Crippen LogP contribution in [0.3, 0.4) is 0 Å². The molecule has 8 heteroatoms. The summed E-state index contributed by atoms with van der Waals surface area (Å²) in [5.41, 5.74) is 0.638. The topological polar surface area (TPSA) is 85.4 Å². The zero-order valence-electron chi connectivity index (χ0n) is 14.0. The van der Waals surface area contributed by atoms with E-state index in [9.17, 15) is 13.2 Å². The van der Waals surface area contributed by atoms with E-state index in [0.717, 1.165) is 17.5 Å². The van der Waals surface area contributed by atoms with Crippen molar-refractivity contribution in [3.8, 4) is 0 Å². The summed E-state index contributed by atoms with van der Waals surface area (Å²) in [5.74, 6) is 0.174. The molecular formula is C16H21N3O4S. The van der Waals surface area contributed by atoms with Crippen LogP contribution in [0.15, 0.2) is 27.7 Å². The molecule has 0 aromatic carbocycles. The second kappa shape index (κ2) is 6.18. The number of carbonyl (C=O) groups is 1. The van der Waals surface area contributed by atoms with E-state index in [1.807, 2.05) is 0 Å². The van der Waals surface area contributed by atoms with Crippen LogP contribution in [0.1, 0.15) is 41.7 Å². The van der Waals surface area contributed by atoms with Gasteiger partial charge in [0.15, 0.2) is 5.76 Å². The van der Waals surface area contributed by atoms with Crippen LogP contribution >= 0.6 is 0 Å². The Labute approximate surface area is 141 Å². The van der Waals surface area contributed by atoms with Gasteiger partial charge in [-0.1, -0.05) is 6.92 Å². The van der Waals surface area contributed by atoms with Gasteiger partial charge in [0, 0.05) is 13.1 Å². The first-order valence-electron chi connectivity index (χ1n) is 7.97. The van der Waals surface area contributed by atoms with Gasteiger partial charge in [-0.25, -0.2) is 8.42 Å². The molecule has 0 spiro atoms. The lowest BCUT2D eigenvalue weighted by Crippen LogP contribution is -2.38. The predicted octanol–water partition coefficient (Wildman–Crippen LogP) is 2.20. The number of sulfonamides is 1. The molecular weight excluding hydrogens is 330 g/mol. The van der Waals surface area contributed by atoms with Crippen LogP contribution in [-0.4, -0.2) is 41.5 Å². The van der Waals surface area contributed by atoms with Gasteiger partial charge in [-0.15, -0.1) is 0 Å². The third kappa shape index (κ3) is 2.80. The molecule has 130 valence electrons.